The molecule has 4 atom stereocenters. The number of hydrogen-bond donors (Lipinski definition) is 1. The number of ether oxygens (including phenoxy) is 2. The third-order valence-electron chi connectivity index (χ3n) is 5.21. The molecule has 3 rings (SSSR count). The minimum Gasteiger partial charge on any atom is -0.457 e. The first kappa shape index (κ1) is 20.4. The van der Waals surface area contributed by atoms with E-state index in [0.717, 1.165) is 5.57 Å². The van der Waals surface area contributed by atoms with Gasteiger partial charge in [0, 0.05) is 23.1 Å². The fourth-order valence-electron chi connectivity index (χ4n) is 3.74. The molecule has 2 aliphatic carbocycles. The topological polar surface area (TPSA) is 133 Å². The second-order valence-corrected chi connectivity index (χ2v) is 8.25. The molecule has 1 fully saturated rings. The predicted molar refractivity (Wildman–Crippen MR) is 93.8 cm³/mol. The van der Waals surface area contributed by atoms with Crippen molar-refractivity contribution in [3.63, 3.8) is 0 Å². The quantitative estimate of drug-likeness (QED) is 0.402. The summed E-state index contributed by atoms with van der Waals surface area (Å²) in [6.07, 6.45) is 1.67. The van der Waals surface area contributed by atoms with Crippen LogP contribution >= 0.6 is 0 Å². The Morgan fingerprint density at radius 1 is 1.43 bits per heavy atom. The van der Waals surface area contributed by atoms with Gasteiger partial charge in [0.05, 0.1) is 18.4 Å². The van der Waals surface area contributed by atoms with E-state index in [2.05, 4.69) is 10.8 Å². The Morgan fingerprint density at radius 3 is 2.75 bits per heavy atom. The van der Waals surface area contributed by atoms with Crippen molar-refractivity contribution in [2.24, 2.45) is 17.8 Å². The van der Waals surface area contributed by atoms with Gasteiger partial charge in [0.25, 0.3) is 0 Å². The maximum absolute atomic E-state index is 12.5. The molecule has 0 aromatic rings. The Labute approximate surface area is 162 Å². The summed E-state index contributed by atoms with van der Waals surface area (Å²) in [6, 6.07) is 0. The van der Waals surface area contributed by atoms with Gasteiger partial charge in [0.1, 0.15) is 11.9 Å². The van der Waals surface area contributed by atoms with Crippen molar-refractivity contribution >= 4 is 28.1 Å². The van der Waals surface area contributed by atoms with Gasteiger partial charge in [-0.05, 0) is 26.7 Å². The normalized spacial score (nSPS) is 28.3. The largest absolute Gasteiger partial charge is 0.457 e. The highest BCUT2D eigenvalue weighted by Gasteiger charge is 2.51. The summed E-state index contributed by atoms with van der Waals surface area (Å²) in [5.41, 5.74) is 1.61. The smallest absolute Gasteiger partial charge is 0.397 e. The molecule has 28 heavy (non-hydrogen) atoms. The number of esters is 2. The molecular formula is C18H20O9S. The molecule has 0 aromatic heterocycles. The summed E-state index contributed by atoms with van der Waals surface area (Å²) in [4.78, 5) is 36.8. The molecule has 9 nitrogen and oxygen atoms in total. The Hall–Kier alpha value is -2.30. The first-order chi connectivity index (χ1) is 13.0. The van der Waals surface area contributed by atoms with Gasteiger partial charge < -0.3 is 9.47 Å². The molecule has 0 radical (unpaired) electrons. The Morgan fingerprint density at radius 2 is 2.11 bits per heavy atom. The lowest BCUT2D eigenvalue weighted by molar-refractivity contribution is -0.146. The molecule has 0 unspecified atom stereocenters. The van der Waals surface area contributed by atoms with Crippen molar-refractivity contribution in [1.29, 1.82) is 0 Å². The van der Waals surface area contributed by atoms with Crippen molar-refractivity contribution in [3.8, 4) is 0 Å². The summed E-state index contributed by atoms with van der Waals surface area (Å²) in [5, 5.41) is 0. The van der Waals surface area contributed by atoms with Gasteiger partial charge in [-0.15, -0.1) is 0 Å². The summed E-state index contributed by atoms with van der Waals surface area (Å²) < 4.78 is 44.9. The molecule has 10 heteroatoms. The monoisotopic (exact) mass is 412 g/mol. The van der Waals surface area contributed by atoms with Gasteiger partial charge in [0.15, 0.2) is 5.78 Å². The molecule has 1 heterocycles. The minimum absolute atomic E-state index is 0.0439. The maximum atomic E-state index is 12.5. The molecule has 1 saturated heterocycles. The van der Waals surface area contributed by atoms with Crippen LogP contribution in [0.1, 0.15) is 26.7 Å². The second kappa shape index (κ2) is 7.26. The van der Waals surface area contributed by atoms with Gasteiger partial charge >= 0.3 is 22.3 Å². The fraction of sp³-hybridized carbons (Fsp3) is 0.500. The predicted octanol–water partition coefficient (Wildman–Crippen LogP) is 1.28. The van der Waals surface area contributed by atoms with Gasteiger partial charge in [0.2, 0.25) is 0 Å². The number of carbonyl (C=O) groups is 3. The molecule has 0 amide bonds. The Bertz CT molecular complexity index is 925. The average Bonchev–Trinajstić information content (AvgIpc) is 3.00. The lowest BCUT2D eigenvalue weighted by Crippen LogP contribution is -2.30. The molecule has 0 aromatic carbocycles. The van der Waals surface area contributed by atoms with Crippen molar-refractivity contribution in [1.82, 2.24) is 0 Å². The summed E-state index contributed by atoms with van der Waals surface area (Å²) in [6.45, 7) is 6.32. The van der Waals surface area contributed by atoms with Crippen LogP contribution in [0, 0.1) is 17.8 Å². The highest BCUT2D eigenvalue weighted by Crippen LogP contribution is 2.47. The van der Waals surface area contributed by atoms with Crippen molar-refractivity contribution in [3.05, 3.63) is 35.1 Å². The molecular weight excluding hydrogens is 392 g/mol. The van der Waals surface area contributed by atoms with Gasteiger partial charge in [-0.2, -0.15) is 8.42 Å². The molecule has 0 spiro atoms. The zero-order valence-corrected chi connectivity index (χ0v) is 16.2. The highest BCUT2D eigenvalue weighted by atomic mass is 32.3. The van der Waals surface area contributed by atoms with E-state index in [4.69, 9.17) is 14.0 Å². The standard InChI is InChI=1S/C18H20O9S/c1-8-4-5-11-10(3)18(21)27-16(11)15-13(6-12(19)14(8)15)26-17(20)9(2)7-25-28(22,23)24/h6,9,11,15-16H,3-5,7H2,1-2H3,(H,22,23,24)/t9-,11-,15-,16-/m0/s1. The summed E-state index contributed by atoms with van der Waals surface area (Å²) >= 11 is 0. The number of rotatable bonds is 5. The van der Waals surface area contributed by atoms with Crippen LogP contribution in [0.5, 0.6) is 0 Å². The molecule has 0 bridgehead atoms. The number of hydrogen-bond acceptors (Lipinski definition) is 8. The fourth-order valence-corrected chi connectivity index (χ4v) is 4.11. The van der Waals surface area contributed by atoms with E-state index >= 15 is 0 Å². The van der Waals surface area contributed by atoms with E-state index in [0.29, 0.717) is 24.0 Å². The van der Waals surface area contributed by atoms with Gasteiger partial charge in [-0.1, -0.05) is 12.2 Å². The van der Waals surface area contributed by atoms with Crippen LogP contribution in [-0.4, -0.2) is 43.4 Å². The number of allylic oxidation sites excluding steroid dienone is 2. The van der Waals surface area contributed by atoms with Crippen LogP contribution in [0.4, 0.5) is 0 Å². The molecule has 1 N–H and O–H groups in total. The Balaban J connectivity index is 1.83. The van der Waals surface area contributed by atoms with E-state index in [1.807, 2.05) is 6.92 Å². The van der Waals surface area contributed by atoms with Gasteiger partial charge in [-0.3, -0.25) is 14.1 Å². The second-order valence-electron chi connectivity index (χ2n) is 7.16. The van der Waals surface area contributed by atoms with E-state index in [1.54, 1.807) is 0 Å². The van der Waals surface area contributed by atoms with Gasteiger partial charge in [-0.25, -0.2) is 8.98 Å². The van der Waals surface area contributed by atoms with Crippen LogP contribution in [-0.2, 0) is 38.4 Å². The molecule has 0 saturated carbocycles. The molecule has 1 aliphatic heterocycles. The van der Waals surface area contributed by atoms with Crippen molar-refractivity contribution < 1.29 is 41.0 Å². The first-order valence-electron chi connectivity index (χ1n) is 8.68. The van der Waals surface area contributed by atoms with Crippen LogP contribution < -0.4 is 0 Å². The summed E-state index contributed by atoms with van der Waals surface area (Å²) in [5.74, 6) is -3.70. The lowest BCUT2D eigenvalue weighted by atomic mass is 9.85. The first-order valence-corrected chi connectivity index (χ1v) is 10.0. The number of carbonyl (C=O) groups excluding carboxylic acids is 3. The Kier molecular flexibility index (Phi) is 5.30. The van der Waals surface area contributed by atoms with Crippen molar-refractivity contribution in [2.75, 3.05) is 6.61 Å². The average molecular weight is 412 g/mol. The number of ketones is 1. The lowest BCUT2D eigenvalue weighted by Gasteiger charge is -2.24. The minimum atomic E-state index is -4.70. The third-order valence-corrected chi connectivity index (χ3v) is 5.65. The van der Waals surface area contributed by atoms with E-state index < -0.39 is 46.9 Å². The zero-order valence-electron chi connectivity index (χ0n) is 15.3. The zero-order chi connectivity index (χ0) is 20.8. The van der Waals surface area contributed by atoms with Crippen LogP contribution in [0.25, 0.3) is 0 Å². The SMILES string of the molecule is C=C1C(=O)O[C@@H]2[C@H]3C(OC(=O)[C@@H](C)COS(=O)(=O)O)=CC(=O)C3=C(C)CC[C@@H]12. The van der Waals surface area contributed by atoms with E-state index in [-0.39, 0.29) is 17.5 Å². The molecule has 152 valence electrons. The third kappa shape index (κ3) is 3.80. The summed E-state index contributed by atoms with van der Waals surface area (Å²) in [7, 11) is -4.70. The number of fused-ring (bicyclic) bond motifs is 3. The van der Waals surface area contributed by atoms with E-state index in [9.17, 15) is 22.8 Å². The highest BCUT2D eigenvalue weighted by molar-refractivity contribution is 7.80. The molecule has 3 aliphatic rings. The van der Waals surface area contributed by atoms with E-state index in [1.165, 1.54) is 13.0 Å². The maximum Gasteiger partial charge on any atom is 0.397 e. The van der Waals surface area contributed by atoms with Crippen LogP contribution in [0.2, 0.25) is 0 Å². The van der Waals surface area contributed by atoms with Crippen LogP contribution in [0.15, 0.2) is 35.1 Å². The van der Waals surface area contributed by atoms with Crippen LogP contribution in [0.3, 0.4) is 0 Å². The van der Waals surface area contributed by atoms with Crippen molar-refractivity contribution in [2.45, 2.75) is 32.8 Å².